The molecule has 4 aliphatic rings. The highest BCUT2D eigenvalue weighted by atomic mass is 35.5. The van der Waals surface area contributed by atoms with E-state index in [1.54, 1.807) is 0 Å². The van der Waals surface area contributed by atoms with Gasteiger partial charge in [0.1, 0.15) is 12.5 Å². The molecule has 2 saturated heterocycles. The Bertz CT molecular complexity index is 1150. The maximum atomic E-state index is 12.3. The van der Waals surface area contributed by atoms with Crippen molar-refractivity contribution < 1.29 is 15.0 Å². The molecule has 0 bridgehead atoms. The molecule has 2 saturated carbocycles. The minimum absolute atomic E-state index is 0.171. The van der Waals surface area contributed by atoms with Crippen molar-refractivity contribution in [3.8, 4) is 0 Å². The molecule has 43 heavy (non-hydrogen) atoms. The minimum atomic E-state index is -0.378. The lowest BCUT2D eigenvalue weighted by molar-refractivity contribution is -0.146. The lowest BCUT2D eigenvalue weighted by Crippen LogP contribution is -2.65. The number of carbonyl (C=O) groups excluding carboxylic acids is 1. The van der Waals surface area contributed by atoms with Crippen molar-refractivity contribution in [2.45, 2.75) is 94.2 Å². The van der Waals surface area contributed by atoms with Gasteiger partial charge in [-0.3, -0.25) is 9.80 Å². The van der Waals surface area contributed by atoms with Gasteiger partial charge in [0.15, 0.2) is 0 Å². The Morgan fingerprint density at radius 1 is 0.791 bits per heavy atom. The molecule has 6 rings (SSSR count). The zero-order valence-corrected chi connectivity index (χ0v) is 27.1. The molecule has 4 fully saturated rings. The normalized spacial score (nSPS) is 27.3. The first kappa shape index (κ1) is 32.9. The molecule has 7 heteroatoms. The van der Waals surface area contributed by atoms with Gasteiger partial charge >= 0.3 is 0 Å². The maximum absolute atomic E-state index is 12.3. The molecule has 0 radical (unpaired) electrons. The lowest BCUT2D eigenvalue weighted by atomic mass is 9.58. The van der Waals surface area contributed by atoms with Gasteiger partial charge in [-0.15, -0.1) is 0 Å². The van der Waals surface area contributed by atoms with Crippen molar-refractivity contribution in [3.05, 3.63) is 69.7 Å². The maximum Gasteiger partial charge on any atom is 0.106 e. The van der Waals surface area contributed by atoms with Gasteiger partial charge in [-0.2, -0.15) is 0 Å². The van der Waals surface area contributed by atoms with E-state index in [-0.39, 0.29) is 29.7 Å². The number of hydrogen-bond acceptors (Lipinski definition) is 5. The van der Waals surface area contributed by atoms with Crippen molar-refractivity contribution in [2.24, 2.45) is 17.8 Å². The molecular weight excluding hydrogens is 579 g/mol. The number of halogens is 2. The number of aliphatic hydroxyl groups is 2. The fraction of sp³-hybridized carbons (Fsp3) is 0.639. The average molecular weight is 630 g/mol. The fourth-order valence-electron chi connectivity index (χ4n) is 8.80. The van der Waals surface area contributed by atoms with Crippen molar-refractivity contribution in [1.29, 1.82) is 0 Å². The van der Waals surface area contributed by atoms with Crippen LogP contribution in [-0.2, 0) is 15.9 Å². The average Bonchev–Trinajstić information content (AvgIpc) is 3.38. The Kier molecular flexibility index (Phi) is 11.3. The van der Waals surface area contributed by atoms with Crippen LogP contribution in [0.5, 0.6) is 0 Å². The van der Waals surface area contributed by atoms with E-state index in [0.717, 1.165) is 81.2 Å². The van der Waals surface area contributed by atoms with Gasteiger partial charge < -0.3 is 15.0 Å². The smallest absolute Gasteiger partial charge is 0.106 e. The molecular formula is C36H50Cl2N2O3. The SMILES string of the molecule is C=O.OCC1CCCCN(C(c2ccc(Cl)cc2)(C2CCC2)N2CCCCC(C(O)C3(c4ccc(Cl)cc4)CCC3)C2)C1. The van der Waals surface area contributed by atoms with Crippen LogP contribution in [-0.4, -0.2) is 65.7 Å². The first-order chi connectivity index (χ1) is 21.0. The van der Waals surface area contributed by atoms with E-state index < -0.39 is 0 Å². The van der Waals surface area contributed by atoms with Crippen LogP contribution < -0.4 is 0 Å². The molecule has 5 nitrogen and oxygen atoms in total. The van der Waals surface area contributed by atoms with Gasteiger partial charge in [-0.1, -0.05) is 73.2 Å². The van der Waals surface area contributed by atoms with Crippen molar-refractivity contribution >= 4 is 30.0 Å². The summed E-state index contributed by atoms with van der Waals surface area (Å²) in [6.07, 6.45) is 13.4. The van der Waals surface area contributed by atoms with Gasteiger partial charge in [0.2, 0.25) is 0 Å². The molecule has 2 aromatic carbocycles. The summed E-state index contributed by atoms with van der Waals surface area (Å²) in [7, 11) is 0. The topological polar surface area (TPSA) is 64.0 Å². The van der Waals surface area contributed by atoms with E-state index in [2.05, 4.69) is 46.2 Å². The summed E-state index contributed by atoms with van der Waals surface area (Å²) in [5, 5.41) is 24.2. The third-order valence-corrected chi connectivity index (χ3v) is 11.8. The second-order valence-corrected chi connectivity index (χ2v) is 14.4. The van der Waals surface area contributed by atoms with E-state index in [9.17, 15) is 10.2 Å². The number of likely N-dealkylation sites (tertiary alicyclic amines) is 2. The lowest BCUT2D eigenvalue weighted by Gasteiger charge is -2.59. The molecule has 4 atom stereocenters. The Labute approximate surface area is 268 Å². The standard InChI is InChI=1S/C35H48Cl2N2O2.CH2O/c36-31-15-11-28(12-16-31)34(19-6-20-34)33(41)27-8-2-4-22-39(24-27)35(29-9-5-10-29,30-13-17-32(37)18-14-30)38-21-3-1-7-26(23-38)25-40;1-2/h11-18,26-27,29,33,40-41H,1-10,19-25H2;1H2. The van der Waals surface area contributed by atoms with E-state index >= 15 is 0 Å². The predicted molar refractivity (Wildman–Crippen MR) is 175 cm³/mol. The zero-order valence-electron chi connectivity index (χ0n) is 25.6. The van der Waals surface area contributed by atoms with Gasteiger partial charge in [0, 0.05) is 48.2 Å². The monoisotopic (exact) mass is 628 g/mol. The Hall–Kier alpha value is -1.47. The summed E-state index contributed by atoms with van der Waals surface area (Å²) in [6.45, 7) is 6.16. The number of rotatable bonds is 8. The van der Waals surface area contributed by atoms with Crippen LogP contribution in [0.3, 0.4) is 0 Å². The Morgan fingerprint density at radius 3 is 1.91 bits per heavy atom. The largest absolute Gasteiger partial charge is 0.396 e. The third-order valence-electron chi connectivity index (χ3n) is 11.3. The molecule has 2 aliphatic heterocycles. The van der Waals surface area contributed by atoms with E-state index in [0.29, 0.717) is 11.8 Å². The van der Waals surface area contributed by atoms with E-state index in [4.69, 9.17) is 28.0 Å². The number of benzene rings is 2. The first-order valence-corrected chi connectivity index (χ1v) is 17.3. The van der Waals surface area contributed by atoms with Crippen molar-refractivity contribution in [1.82, 2.24) is 9.80 Å². The summed E-state index contributed by atoms with van der Waals surface area (Å²) < 4.78 is 0. The van der Waals surface area contributed by atoms with Crippen LogP contribution in [0.2, 0.25) is 10.0 Å². The molecule has 2 N–H and O–H groups in total. The highest BCUT2D eigenvalue weighted by Crippen LogP contribution is 2.53. The van der Waals surface area contributed by atoms with Crippen LogP contribution in [0, 0.1) is 17.8 Å². The van der Waals surface area contributed by atoms with E-state index in [1.165, 1.54) is 43.2 Å². The predicted octanol–water partition coefficient (Wildman–Crippen LogP) is 7.44. The number of aliphatic hydroxyl groups excluding tert-OH is 2. The van der Waals surface area contributed by atoms with Crippen molar-refractivity contribution in [2.75, 3.05) is 32.8 Å². The van der Waals surface area contributed by atoms with Gasteiger partial charge in [0.25, 0.3) is 0 Å². The van der Waals surface area contributed by atoms with Crippen LogP contribution >= 0.6 is 23.2 Å². The summed E-state index contributed by atoms with van der Waals surface area (Å²) in [5.74, 6) is 1.05. The number of carbonyl (C=O) groups is 1. The van der Waals surface area contributed by atoms with Crippen LogP contribution in [0.15, 0.2) is 48.5 Å². The molecule has 0 amide bonds. The van der Waals surface area contributed by atoms with Crippen LogP contribution in [0.4, 0.5) is 0 Å². The molecule has 0 aromatic heterocycles. The third kappa shape index (κ3) is 6.46. The number of nitrogens with zero attached hydrogens (tertiary/aromatic N) is 2. The van der Waals surface area contributed by atoms with Gasteiger partial charge in [-0.05, 0) is 105 Å². The summed E-state index contributed by atoms with van der Waals surface area (Å²) in [5.41, 5.74) is 2.18. The second-order valence-electron chi connectivity index (χ2n) is 13.5. The number of hydrogen-bond donors (Lipinski definition) is 2. The molecule has 2 aromatic rings. The summed E-state index contributed by atoms with van der Waals surface area (Å²) in [4.78, 5) is 13.6. The quantitative estimate of drug-likeness (QED) is 0.318. The molecule has 236 valence electrons. The van der Waals surface area contributed by atoms with Gasteiger partial charge in [0.05, 0.1) is 6.10 Å². The molecule has 2 aliphatic carbocycles. The summed E-state index contributed by atoms with van der Waals surface area (Å²) >= 11 is 12.7. The first-order valence-electron chi connectivity index (χ1n) is 16.6. The van der Waals surface area contributed by atoms with Crippen LogP contribution in [0.1, 0.15) is 88.2 Å². The second kappa shape index (κ2) is 14.7. The zero-order chi connectivity index (χ0) is 30.5. The molecule has 0 spiro atoms. The molecule has 2 heterocycles. The highest BCUT2D eigenvalue weighted by Gasteiger charge is 2.54. The summed E-state index contributed by atoms with van der Waals surface area (Å²) in [6, 6.07) is 17.0. The van der Waals surface area contributed by atoms with E-state index in [1.807, 2.05) is 18.9 Å². The van der Waals surface area contributed by atoms with Crippen molar-refractivity contribution in [3.63, 3.8) is 0 Å². The van der Waals surface area contributed by atoms with Gasteiger partial charge in [-0.25, -0.2) is 0 Å². The Balaban J connectivity index is 0.00000180. The fourth-order valence-corrected chi connectivity index (χ4v) is 9.05. The highest BCUT2D eigenvalue weighted by molar-refractivity contribution is 6.30. The van der Waals surface area contributed by atoms with Crippen LogP contribution in [0.25, 0.3) is 0 Å². The molecule has 4 unspecified atom stereocenters. The Morgan fingerprint density at radius 2 is 1.37 bits per heavy atom. The minimum Gasteiger partial charge on any atom is -0.396 e.